The van der Waals surface area contributed by atoms with Crippen LogP contribution in [0.1, 0.15) is 38.8 Å². The molecular formula is C22H28N2O5S. The van der Waals surface area contributed by atoms with Crippen LogP contribution in [-0.2, 0) is 14.8 Å². The summed E-state index contributed by atoms with van der Waals surface area (Å²) in [6, 6.07) is 13.9. The number of hydrogen-bond acceptors (Lipinski definition) is 5. The molecule has 0 aromatic heterocycles. The van der Waals surface area contributed by atoms with Crippen molar-refractivity contribution in [3.63, 3.8) is 0 Å². The highest BCUT2D eigenvalue weighted by molar-refractivity contribution is 7.92. The van der Waals surface area contributed by atoms with E-state index in [4.69, 9.17) is 9.47 Å². The number of nitrogens with zero attached hydrogens (tertiary/aromatic N) is 1. The average molecular weight is 433 g/mol. The lowest BCUT2D eigenvalue weighted by atomic mass is 9.89. The summed E-state index contributed by atoms with van der Waals surface area (Å²) in [6.45, 7) is 6.00. The molecule has 0 bridgehead atoms. The first-order valence-electron chi connectivity index (χ1n) is 9.87. The van der Waals surface area contributed by atoms with Gasteiger partial charge in [-0.15, -0.1) is 0 Å². The topological polar surface area (TPSA) is 84.9 Å². The summed E-state index contributed by atoms with van der Waals surface area (Å²) in [5.74, 6) is 0.984. The minimum Gasteiger partial charge on any atom is -0.494 e. The van der Waals surface area contributed by atoms with Crippen molar-refractivity contribution in [2.24, 2.45) is 0 Å². The Kier molecular flexibility index (Phi) is 6.26. The summed E-state index contributed by atoms with van der Waals surface area (Å²) in [4.78, 5) is 12.8. The third kappa shape index (κ3) is 5.24. The Morgan fingerprint density at radius 3 is 2.50 bits per heavy atom. The van der Waals surface area contributed by atoms with E-state index in [-0.39, 0.29) is 18.5 Å². The number of carbonyl (C=O) groups is 1. The van der Waals surface area contributed by atoms with Crippen molar-refractivity contribution < 1.29 is 22.7 Å². The summed E-state index contributed by atoms with van der Waals surface area (Å²) < 4.78 is 37.2. The second-order valence-corrected chi connectivity index (χ2v) is 9.83. The predicted octanol–water partition coefficient (Wildman–Crippen LogP) is 3.27. The van der Waals surface area contributed by atoms with Gasteiger partial charge in [0.2, 0.25) is 15.9 Å². The first-order valence-corrected chi connectivity index (χ1v) is 11.7. The molecule has 162 valence electrons. The molecule has 1 heterocycles. The molecule has 0 unspecified atom stereocenters. The quantitative estimate of drug-likeness (QED) is 0.726. The molecule has 2 aromatic carbocycles. The highest BCUT2D eigenvalue weighted by Gasteiger charge is 2.34. The Labute approximate surface area is 178 Å². The molecule has 0 spiro atoms. The Hall–Kier alpha value is -2.74. The van der Waals surface area contributed by atoms with Crippen LogP contribution >= 0.6 is 0 Å². The number of fused-ring (bicyclic) bond motifs is 1. The maximum absolute atomic E-state index is 12.8. The summed E-state index contributed by atoms with van der Waals surface area (Å²) in [5.41, 5.74) is 0.846. The molecule has 1 aliphatic rings. The molecule has 7 nitrogen and oxygen atoms in total. The normalized spacial score (nSPS) is 17.4. The van der Waals surface area contributed by atoms with Crippen molar-refractivity contribution in [1.82, 2.24) is 5.32 Å². The van der Waals surface area contributed by atoms with Crippen molar-refractivity contribution in [1.29, 1.82) is 0 Å². The lowest BCUT2D eigenvalue weighted by Gasteiger charge is -2.38. The number of para-hydroxylation sites is 1. The van der Waals surface area contributed by atoms with Gasteiger partial charge < -0.3 is 14.8 Å². The number of amides is 1. The first kappa shape index (κ1) is 22.0. The van der Waals surface area contributed by atoms with Gasteiger partial charge in [0.1, 0.15) is 23.6 Å². The summed E-state index contributed by atoms with van der Waals surface area (Å²) in [7, 11) is -3.66. The van der Waals surface area contributed by atoms with Gasteiger partial charge in [-0.25, -0.2) is 8.42 Å². The molecule has 0 aliphatic carbocycles. The van der Waals surface area contributed by atoms with Crippen LogP contribution < -0.4 is 19.1 Å². The zero-order chi connectivity index (χ0) is 21.9. The molecule has 1 aliphatic heterocycles. The van der Waals surface area contributed by atoms with Crippen LogP contribution in [0.2, 0.25) is 0 Å². The number of carbonyl (C=O) groups excluding carboxylic acids is 1. The van der Waals surface area contributed by atoms with Crippen molar-refractivity contribution in [2.75, 3.05) is 23.7 Å². The Balaban J connectivity index is 1.79. The minimum atomic E-state index is -3.66. The molecule has 1 amide bonds. The van der Waals surface area contributed by atoms with Gasteiger partial charge in [-0.1, -0.05) is 18.2 Å². The molecule has 30 heavy (non-hydrogen) atoms. The van der Waals surface area contributed by atoms with Crippen LogP contribution in [-0.4, -0.2) is 39.3 Å². The standard InChI is InChI=1S/C22H28N2O5S/c1-5-28-17-12-10-16(11-13-17)24(30(4,26)27)15-21(25)23-19-14-22(2,3)29-20-9-7-6-8-18(19)20/h6-13,19H,5,14-15H2,1-4H3,(H,23,25)/t19-/m1/s1. The molecule has 0 fully saturated rings. The number of benzene rings is 2. The second kappa shape index (κ2) is 8.55. The van der Waals surface area contributed by atoms with E-state index in [1.807, 2.05) is 45.0 Å². The smallest absolute Gasteiger partial charge is 0.241 e. The van der Waals surface area contributed by atoms with Crippen molar-refractivity contribution in [2.45, 2.75) is 38.8 Å². The molecule has 1 N–H and O–H groups in total. The average Bonchev–Trinajstić information content (AvgIpc) is 2.65. The maximum Gasteiger partial charge on any atom is 0.241 e. The number of ether oxygens (including phenoxy) is 2. The maximum atomic E-state index is 12.8. The first-order chi connectivity index (χ1) is 14.1. The SMILES string of the molecule is CCOc1ccc(N(CC(=O)N[C@@H]2CC(C)(C)Oc3ccccc32)S(C)(=O)=O)cc1. The van der Waals surface area contributed by atoms with Crippen molar-refractivity contribution >= 4 is 21.6 Å². The van der Waals surface area contributed by atoms with E-state index in [1.54, 1.807) is 24.3 Å². The van der Waals surface area contributed by atoms with Crippen LogP contribution in [0.3, 0.4) is 0 Å². The fourth-order valence-electron chi connectivity index (χ4n) is 3.58. The lowest BCUT2D eigenvalue weighted by Crippen LogP contribution is -2.45. The largest absolute Gasteiger partial charge is 0.494 e. The molecule has 1 atom stereocenters. The highest BCUT2D eigenvalue weighted by Crippen LogP contribution is 2.39. The van der Waals surface area contributed by atoms with Gasteiger partial charge in [0.15, 0.2) is 0 Å². The highest BCUT2D eigenvalue weighted by atomic mass is 32.2. The van der Waals surface area contributed by atoms with Crippen LogP contribution in [0.25, 0.3) is 0 Å². The van der Waals surface area contributed by atoms with E-state index in [9.17, 15) is 13.2 Å². The summed E-state index contributed by atoms with van der Waals surface area (Å²) >= 11 is 0. The monoisotopic (exact) mass is 432 g/mol. The van der Waals surface area contributed by atoms with Crippen LogP contribution in [0, 0.1) is 0 Å². The van der Waals surface area contributed by atoms with Crippen molar-refractivity contribution in [3.05, 3.63) is 54.1 Å². The van der Waals surface area contributed by atoms with E-state index in [0.29, 0.717) is 24.5 Å². The molecule has 2 aromatic rings. The van der Waals surface area contributed by atoms with Gasteiger partial charge in [0.05, 0.1) is 24.6 Å². The molecule has 3 rings (SSSR count). The fourth-order valence-corrected chi connectivity index (χ4v) is 4.43. The zero-order valence-electron chi connectivity index (χ0n) is 17.7. The van der Waals surface area contributed by atoms with Crippen LogP contribution in [0.4, 0.5) is 5.69 Å². The number of anilines is 1. The Morgan fingerprint density at radius 1 is 1.20 bits per heavy atom. The van der Waals surface area contributed by atoms with Gasteiger partial charge in [0.25, 0.3) is 0 Å². The molecule has 0 saturated heterocycles. The fraction of sp³-hybridized carbons (Fsp3) is 0.409. The van der Waals surface area contributed by atoms with E-state index < -0.39 is 15.6 Å². The van der Waals surface area contributed by atoms with Gasteiger partial charge in [0, 0.05) is 12.0 Å². The van der Waals surface area contributed by atoms with Crippen molar-refractivity contribution in [3.8, 4) is 11.5 Å². The van der Waals surface area contributed by atoms with Gasteiger partial charge in [-0.3, -0.25) is 9.10 Å². The molecule has 0 radical (unpaired) electrons. The number of hydrogen-bond donors (Lipinski definition) is 1. The van der Waals surface area contributed by atoms with Gasteiger partial charge in [-0.05, 0) is 51.1 Å². The Bertz CT molecular complexity index is 1000. The van der Waals surface area contributed by atoms with E-state index in [0.717, 1.165) is 21.9 Å². The minimum absolute atomic E-state index is 0.265. The van der Waals surface area contributed by atoms with E-state index in [2.05, 4.69) is 5.32 Å². The van der Waals surface area contributed by atoms with Gasteiger partial charge >= 0.3 is 0 Å². The zero-order valence-corrected chi connectivity index (χ0v) is 18.5. The molecule has 0 saturated carbocycles. The third-order valence-electron chi connectivity index (χ3n) is 4.83. The number of sulfonamides is 1. The number of nitrogens with one attached hydrogen (secondary N) is 1. The van der Waals surface area contributed by atoms with Crippen LogP contribution in [0.15, 0.2) is 48.5 Å². The summed E-state index contributed by atoms with van der Waals surface area (Å²) in [5, 5.41) is 2.98. The third-order valence-corrected chi connectivity index (χ3v) is 5.98. The predicted molar refractivity (Wildman–Crippen MR) is 116 cm³/mol. The number of rotatable bonds is 7. The second-order valence-electron chi connectivity index (χ2n) is 7.92. The van der Waals surface area contributed by atoms with E-state index >= 15 is 0 Å². The molecular weight excluding hydrogens is 404 g/mol. The Morgan fingerprint density at radius 2 is 1.87 bits per heavy atom. The lowest BCUT2D eigenvalue weighted by molar-refractivity contribution is -0.120. The van der Waals surface area contributed by atoms with E-state index in [1.165, 1.54) is 0 Å². The van der Waals surface area contributed by atoms with Gasteiger partial charge in [-0.2, -0.15) is 0 Å². The molecule has 8 heteroatoms. The summed E-state index contributed by atoms with van der Waals surface area (Å²) in [6.07, 6.45) is 1.67. The van der Waals surface area contributed by atoms with Crippen LogP contribution in [0.5, 0.6) is 11.5 Å².